The van der Waals surface area contributed by atoms with Gasteiger partial charge in [0.25, 0.3) is 0 Å². The third-order valence-corrected chi connectivity index (χ3v) is 2.34. The Morgan fingerprint density at radius 2 is 2.17 bits per heavy atom. The van der Waals surface area contributed by atoms with Crippen molar-refractivity contribution in [1.29, 1.82) is 0 Å². The Labute approximate surface area is 78.5 Å². The van der Waals surface area contributed by atoms with E-state index in [1.165, 1.54) is 0 Å². The second-order valence-corrected chi connectivity index (χ2v) is 3.17. The number of hydrogen-bond donors (Lipinski definition) is 2. The van der Waals surface area contributed by atoms with Gasteiger partial charge in [0.05, 0.1) is 27.6 Å². The topological polar surface area (TPSA) is 54.7 Å². The van der Waals surface area contributed by atoms with E-state index in [2.05, 4.69) is 9.97 Å². The first kappa shape index (κ1) is 7.71. The van der Waals surface area contributed by atoms with Crippen molar-refractivity contribution >= 4 is 39.9 Å². The quantitative estimate of drug-likeness (QED) is 0.644. The highest BCUT2D eigenvalue weighted by molar-refractivity contribution is 6.42. The van der Waals surface area contributed by atoms with Gasteiger partial charge >= 0.3 is 0 Å². The summed E-state index contributed by atoms with van der Waals surface area (Å²) in [6, 6.07) is 1.70. The monoisotopic (exact) mass is 201 g/mol. The van der Waals surface area contributed by atoms with Gasteiger partial charge in [-0.2, -0.15) is 0 Å². The number of nitrogens with one attached hydrogen (secondary N) is 1. The number of nitrogens with zero attached hydrogens (tertiary/aromatic N) is 1. The average molecular weight is 202 g/mol. The molecule has 2 rings (SSSR count). The van der Waals surface area contributed by atoms with Crippen LogP contribution in [0.2, 0.25) is 10.0 Å². The van der Waals surface area contributed by atoms with E-state index in [4.69, 9.17) is 28.9 Å². The molecule has 2 aromatic rings. The van der Waals surface area contributed by atoms with Crippen LogP contribution < -0.4 is 5.73 Å². The molecule has 62 valence electrons. The summed E-state index contributed by atoms with van der Waals surface area (Å²) in [6.07, 6.45) is 1.55. The van der Waals surface area contributed by atoms with Crippen molar-refractivity contribution in [1.82, 2.24) is 9.97 Å². The molecule has 0 atom stereocenters. The minimum atomic E-state index is 0.373. The third-order valence-electron chi connectivity index (χ3n) is 1.64. The van der Waals surface area contributed by atoms with Gasteiger partial charge in [0.1, 0.15) is 5.52 Å². The molecule has 0 aliphatic rings. The standard InChI is InChI=1S/C7H5Cl2N3/c8-3-1-4-7(12-2-11-4)5(9)6(3)10/h1-2H,10H2,(H,11,12). The van der Waals surface area contributed by atoms with Crippen LogP contribution in [0.15, 0.2) is 12.4 Å². The van der Waals surface area contributed by atoms with Gasteiger partial charge in [-0.3, -0.25) is 0 Å². The van der Waals surface area contributed by atoms with Crippen molar-refractivity contribution in [3.05, 3.63) is 22.4 Å². The van der Waals surface area contributed by atoms with Crippen LogP contribution in [0.4, 0.5) is 5.69 Å². The summed E-state index contributed by atoms with van der Waals surface area (Å²) in [5.41, 5.74) is 7.40. The fourth-order valence-corrected chi connectivity index (χ4v) is 1.53. The van der Waals surface area contributed by atoms with Gasteiger partial charge in [-0.1, -0.05) is 23.2 Å². The largest absolute Gasteiger partial charge is 0.396 e. The predicted molar refractivity (Wildman–Crippen MR) is 50.5 cm³/mol. The van der Waals surface area contributed by atoms with Gasteiger partial charge in [-0.15, -0.1) is 0 Å². The Hall–Kier alpha value is -0.930. The number of halogens is 2. The number of anilines is 1. The minimum absolute atomic E-state index is 0.373. The Balaban J connectivity index is 2.94. The summed E-state index contributed by atoms with van der Waals surface area (Å²) in [4.78, 5) is 6.89. The molecule has 0 fully saturated rings. The van der Waals surface area contributed by atoms with Gasteiger partial charge < -0.3 is 10.7 Å². The van der Waals surface area contributed by atoms with Crippen LogP contribution in [0.5, 0.6) is 0 Å². The normalized spacial score (nSPS) is 10.8. The van der Waals surface area contributed by atoms with Crippen molar-refractivity contribution in [3.63, 3.8) is 0 Å². The van der Waals surface area contributed by atoms with Crippen LogP contribution >= 0.6 is 23.2 Å². The molecule has 0 saturated carbocycles. The summed E-state index contributed by atoms with van der Waals surface area (Å²) < 4.78 is 0. The molecular formula is C7H5Cl2N3. The highest BCUT2D eigenvalue weighted by Crippen LogP contribution is 2.33. The molecule has 1 heterocycles. The molecule has 0 bridgehead atoms. The van der Waals surface area contributed by atoms with E-state index in [0.717, 1.165) is 5.52 Å². The Bertz CT molecular complexity index is 435. The molecule has 0 saturated heterocycles. The van der Waals surface area contributed by atoms with Crippen molar-refractivity contribution < 1.29 is 0 Å². The summed E-state index contributed by atoms with van der Waals surface area (Å²) in [5.74, 6) is 0. The Morgan fingerprint density at radius 3 is 2.92 bits per heavy atom. The number of nitrogens with two attached hydrogens (primary N) is 1. The molecular weight excluding hydrogens is 197 g/mol. The maximum atomic E-state index is 5.88. The molecule has 1 aromatic heterocycles. The van der Waals surface area contributed by atoms with Crippen LogP contribution in [-0.2, 0) is 0 Å². The zero-order valence-corrected chi connectivity index (χ0v) is 7.45. The second kappa shape index (κ2) is 2.54. The zero-order chi connectivity index (χ0) is 8.72. The van der Waals surface area contributed by atoms with Crippen LogP contribution in [0.25, 0.3) is 11.0 Å². The van der Waals surface area contributed by atoms with Gasteiger partial charge in [0.15, 0.2) is 0 Å². The molecule has 3 nitrogen and oxygen atoms in total. The molecule has 0 spiro atoms. The highest BCUT2D eigenvalue weighted by Gasteiger charge is 2.08. The summed E-state index contributed by atoms with van der Waals surface area (Å²) >= 11 is 11.7. The molecule has 5 heteroatoms. The van der Waals surface area contributed by atoms with E-state index < -0.39 is 0 Å². The maximum Gasteiger partial charge on any atom is 0.109 e. The zero-order valence-electron chi connectivity index (χ0n) is 5.94. The van der Waals surface area contributed by atoms with Crippen LogP contribution in [0.1, 0.15) is 0 Å². The maximum absolute atomic E-state index is 5.88. The molecule has 0 amide bonds. The van der Waals surface area contributed by atoms with Crippen molar-refractivity contribution in [2.75, 3.05) is 5.73 Å². The number of H-pyrrole nitrogens is 1. The van der Waals surface area contributed by atoms with Crippen molar-refractivity contribution in [2.24, 2.45) is 0 Å². The van der Waals surface area contributed by atoms with Gasteiger partial charge in [0.2, 0.25) is 0 Å². The number of hydrogen-bond acceptors (Lipinski definition) is 2. The van der Waals surface area contributed by atoms with E-state index in [0.29, 0.717) is 21.2 Å². The number of benzene rings is 1. The smallest absolute Gasteiger partial charge is 0.109 e. The molecule has 12 heavy (non-hydrogen) atoms. The SMILES string of the molecule is Nc1c(Cl)cc2[nH]cnc2c1Cl. The first-order valence-corrected chi connectivity index (χ1v) is 4.02. The molecule has 0 unspecified atom stereocenters. The summed E-state index contributed by atoms with van der Waals surface area (Å²) in [6.45, 7) is 0. The van der Waals surface area contributed by atoms with Crippen molar-refractivity contribution in [3.8, 4) is 0 Å². The van der Waals surface area contributed by atoms with Gasteiger partial charge in [-0.25, -0.2) is 4.98 Å². The minimum Gasteiger partial charge on any atom is -0.396 e. The van der Waals surface area contributed by atoms with Gasteiger partial charge in [-0.05, 0) is 6.07 Å². The van der Waals surface area contributed by atoms with E-state index in [1.54, 1.807) is 12.4 Å². The number of imidazole rings is 1. The highest BCUT2D eigenvalue weighted by atomic mass is 35.5. The van der Waals surface area contributed by atoms with E-state index in [-0.39, 0.29) is 0 Å². The van der Waals surface area contributed by atoms with Crippen LogP contribution in [0, 0.1) is 0 Å². The van der Waals surface area contributed by atoms with Crippen LogP contribution in [0.3, 0.4) is 0 Å². The molecule has 3 N–H and O–H groups in total. The fraction of sp³-hybridized carbons (Fsp3) is 0. The number of rotatable bonds is 0. The lowest BCUT2D eigenvalue weighted by atomic mass is 10.3. The van der Waals surface area contributed by atoms with E-state index >= 15 is 0 Å². The second-order valence-electron chi connectivity index (χ2n) is 2.38. The third kappa shape index (κ3) is 0.940. The van der Waals surface area contributed by atoms with Crippen LogP contribution in [-0.4, -0.2) is 9.97 Å². The number of aromatic nitrogens is 2. The van der Waals surface area contributed by atoms with E-state index in [9.17, 15) is 0 Å². The number of fused-ring (bicyclic) bond motifs is 1. The molecule has 0 radical (unpaired) electrons. The number of aromatic amines is 1. The number of nitrogen functional groups attached to an aromatic ring is 1. The predicted octanol–water partition coefficient (Wildman–Crippen LogP) is 2.45. The first-order valence-electron chi connectivity index (χ1n) is 3.26. The van der Waals surface area contributed by atoms with E-state index in [1.807, 2.05) is 0 Å². The first-order chi connectivity index (χ1) is 5.70. The fourth-order valence-electron chi connectivity index (χ4n) is 1.03. The lowest BCUT2D eigenvalue weighted by Gasteiger charge is -2.00. The molecule has 0 aliphatic carbocycles. The summed E-state index contributed by atoms with van der Waals surface area (Å²) in [7, 11) is 0. The van der Waals surface area contributed by atoms with Gasteiger partial charge in [0, 0.05) is 0 Å². The lowest BCUT2D eigenvalue weighted by Crippen LogP contribution is -1.88. The Kier molecular flexibility index (Phi) is 1.63. The Morgan fingerprint density at radius 1 is 1.42 bits per heavy atom. The molecule has 1 aromatic carbocycles. The van der Waals surface area contributed by atoms with Crippen molar-refractivity contribution in [2.45, 2.75) is 0 Å². The lowest BCUT2D eigenvalue weighted by molar-refractivity contribution is 1.34. The molecule has 0 aliphatic heterocycles. The average Bonchev–Trinajstić information content (AvgIpc) is 2.48. The summed E-state index contributed by atoms with van der Waals surface area (Å²) in [5, 5.41) is 0.843.